The minimum Gasteiger partial charge on any atom is -0.772 e. The molecule has 0 saturated heterocycles. The van der Waals surface area contributed by atoms with Crippen LogP contribution >= 0.6 is 0 Å². The first-order valence-electron chi connectivity index (χ1n) is 4.02. The number of aliphatic hydroxyl groups is 1. The molecule has 1 N–H and O–H groups in total. The molecule has 3 nitrogen and oxygen atoms in total. The molecule has 1 rings (SSSR count). The predicted octanol–water partition coefficient (Wildman–Crippen LogP) is 1.07. The Morgan fingerprint density at radius 3 is 2.43 bits per heavy atom. The molecule has 78 valence electrons. The highest BCUT2D eigenvalue weighted by molar-refractivity contribution is 7.78. The van der Waals surface area contributed by atoms with Crippen LogP contribution in [0.15, 0.2) is 24.3 Å². The lowest BCUT2D eigenvalue weighted by Gasteiger charge is -2.08. The number of alkyl halides is 1. The fraction of sp³-hybridized carbons (Fsp3) is 0.333. The van der Waals surface area contributed by atoms with E-state index in [0.717, 1.165) is 0 Å². The minimum atomic E-state index is -2.12. The van der Waals surface area contributed by atoms with Gasteiger partial charge in [-0.25, -0.2) is 4.39 Å². The summed E-state index contributed by atoms with van der Waals surface area (Å²) in [4.78, 5) is 0. The van der Waals surface area contributed by atoms with Gasteiger partial charge in [-0.05, 0) is 11.1 Å². The fourth-order valence-corrected chi connectivity index (χ4v) is 1.53. The van der Waals surface area contributed by atoms with E-state index in [9.17, 15) is 13.2 Å². The number of rotatable bonds is 4. The van der Waals surface area contributed by atoms with E-state index in [1.54, 1.807) is 12.1 Å². The molecular formula is C9H10FO3S-. The van der Waals surface area contributed by atoms with Gasteiger partial charge < -0.3 is 9.66 Å². The number of aliphatic hydroxyl groups excluding tert-OH is 1. The van der Waals surface area contributed by atoms with Crippen molar-refractivity contribution in [2.45, 2.75) is 11.9 Å². The van der Waals surface area contributed by atoms with Crippen LogP contribution in [0.4, 0.5) is 4.39 Å². The minimum absolute atomic E-state index is 0.0635. The standard InChI is InChI=1S/C9H11FO3S/c10-5-9(11)8-3-1-7(2-4-8)6-14(12)13/h1-4,9,11H,5-6H2,(H,12,13)/p-1. The molecule has 0 aliphatic heterocycles. The van der Waals surface area contributed by atoms with Crippen LogP contribution in [0.1, 0.15) is 17.2 Å². The molecule has 0 amide bonds. The van der Waals surface area contributed by atoms with Gasteiger partial charge in [-0.15, -0.1) is 0 Å². The lowest BCUT2D eigenvalue weighted by Crippen LogP contribution is -2.00. The van der Waals surface area contributed by atoms with Crippen LogP contribution < -0.4 is 0 Å². The molecule has 5 heteroatoms. The van der Waals surface area contributed by atoms with Crippen molar-refractivity contribution in [2.24, 2.45) is 0 Å². The quantitative estimate of drug-likeness (QED) is 0.767. The van der Waals surface area contributed by atoms with Crippen LogP contribution in [-0.2, 0) is 16.8 Å². The maximum Gasteiger partial charge on any atom is 0.119 e. The number of benzene rings is 1. The van der Waals surface area contributed by atoms with Crippen molar-refractivity contribution in [1.29, 1.82) is 0 Å². The molecule has 0 aromatic heterocycles. The molecular weight excluding hydrogens is 207 g/mol. The van der Waals surface area contributed by atoms with E-state index in [-0.39, 0.29) is 5.75 Å². The number of hydrogen-bond acceptors (Lipinski definition) is 3. The van der Waals surface area contributed by atoms with Crippen LogP contribution in [0.5, 0.6) is 0 Å². The maximum atomic E-state index is 12.0. The average Bonchev–Trinajstić information content (AvgIpc) is 2.17. The van der Waals surface area contributed by atoms with Gasteiger partial charge in [0.1, 0.15) is 12.8 Å². The molecule has 0 bridgehead atoms. The first kappa shape index (κ1) is 11.3. The monoisotopic (exact) mass is 217 g/mol. The maximum absolute atomic E-state index is 12.0. The van der Waals surface area contributed by atoms with Gasteiger partial charge in [0.05, 0.1) is 0 Å². The smallest absolute Gasteiger partial charge is 0.119 e. The number of halogens is 1. The summed E-state index contributed by atoms with van der Waals surface area (Å²) in [6, 6.07) is 6.16. The fourth-order valence-electron chi connectivity index (χ4n) is 1.06. The second-order valence-corrected chi connectivity index (χ2v) is 3.76. The highest BCUT2D eigenvalue weighted by Crippen LogP contribution is 2.14. The lowest BCUT2D eigenvalue weighted by molar-refractivity contribution is 0.142. The Hall–Kier alpha value is -0.780. The van der Waals surface area contributed by atoms with Crippen LogP contribution in [0.25, 0.3) is 0 Å². The van der Waals surface area contributed by atoms with Crippen LogP contribution in [0.3, 0.4) is 0 Å². The first-order valence-corrected chi connectivity index (χ1v) is 5.26. The van der Waals surface area contributed by atoms with Crippen LogP contribution in [-0.4, -0.2) is 20.5 Å². The van der Waals surface area contributed by atoms with E-state index in [1.165, 1.54) is 12.1 Å². The van der Waals surface area contributed by atoms with Gasteiger partial charge in [0.25, 0.3) is 0 Å². The van der Waals surface area contributed by atoms with Gasteiger partial charge in [0.2, 0.25) is 0 Å². The summed E-state index contributed by atoms with van der Waals surface area (Å²) < 4.78 is 32.7. The molecule has 0 fully saturated rings. The van der Waals surface area contributed by atoms with Gasteiger partial charge in [-0.3, -0.25) is 4.21 Å². The van der Waals surface area contributed by atoms with Crippen LogP contribution in [0, 0.1) is 0 Å². The van der Waals surface area contributed by atoms with Gasteiger partial charge in [-0.2, -0.15) is 0 Å². The third-order valence-electron chi connectivity index (χ3n) is 1.80. The summed E-state index contributed by atoms with van der Waals surface area (Å²) in [5, 5.41) is 9.11. The van der Waals surface area contributed by atoms with Gasteiger partial charge in [0.15, 0.2) is 0 Å². The van der Waals surface area contributed by atoms with Crippen molar-refractivity contribution < 1.29 is 18.3 Å². The van der Waals surface area contributed by atoms with Gasteiger partial charge in [-0.1, -0.05) is 35.3 Å². The Labute approximate surface area is 83.9 Å². The molecule has 0 heterocycles. The molecule has 0 radical (unpaired) electrons. The van der Waals surface area contributed by atoms with Crippen molar-refractivity contribution in [1.82, 2.24) is 0 Å². The first-order chi connectivity index (χ1) is 6.63. The highest BCUT2D eigenvalue weighted by atomic mass is 32.2. The molecule has 0 aliphatic carbocycles. The molecule has 1 aromatic carbocycles. The topological polar surface area (TPSA) is 60.4 Å². The zero-order valence-electron chi connectivity index (χ0n) is 7.35. The Bertz CT molecular complexity index is 312. The third kappa shape index (κ3) is 3.17. The SMILES string of the molecule is O=S([O-])Cc1ccc(C(O)CF)cc1. The van der Waals surface area contributed by atoms with Crippen molar-refractivity contribution in [3.63, 3.8) is 0 Å². The number of hydrogen-bond donors (Lipinski definition) is 1. The molecule has 0 saturated carbocycles. The molecule has 0 spiro atoms. The zero-order valence-corrected chi connectivity index (χ0v) is 8.17. The zero-order chi connectivity index (χ0) is 10.6. The summed E-state index contributed by atoms with van der Waals surface area (Å²) >= 11 is -2.12. The van der Waals surface area contributed by atoms with E-state index < -0.39 is 23.9 Å². The van der Waals surface area contributed by atoms with Crippen molar-refractivity contribution >= 4 is 11.1 Å². The lowest BCUT2D eigenvalue weighted by atomic mass is 10.1. The molecule has 2 unspecified atom stereocenters. The average molecular weight is 217 g/mol. The molecule has 2 atom stereocenters. The van der Waals surface area contributed by atoms with Gasteiger partial charge in [0, 0.05) is 5.75 Å². The van der Waals surface area contributed by atoms with E-state index in [0.29, 0.717) is 11.1 Å². The van der Waals surface area contributed by atoms with Crippen LogP contribution in [0.2, 0.25) is 0 Å². The molecule has 1 aromatic rings. The molecule has 0 aliphatic rings. The summed E-state index contributed by atoms with van der Waals surface area (Å²) in [5.41, 5.74) is 1.07. The Morgan fingerprint density at radius 1 is 1.43 bits per heavy atom. The van der Waals surface area contributed by atoms with Crippen molar-refractivity contribution in [3.8, 4) is 0 Å². The Balaban J connectivity index is 2.73. The van der Waals surface area contributed by atoms with E-state index in [1.807, 2.05) is 0 Å². The van der Waals surface area contributed by atoms with Crippen molar-refractivity contribution in [3.05, 3.63) is 35.4 Å². The highest BCUT2D eigenvalue weighted by Gasteiger charge is 2.05. The largest absolute Gasteiger partial charge is 0.772 e. The Kier molecular flexibility index (Phi) is 4.19. The second-order valence-electron chi connectivity index (χ2n) is 2.86. The predicted molar refractivity (Wildman–Crippen MR) is 50.0 cm³/mol. The van der Waals surface area contributed by atoms with E-state index in [2.05, 4.69) is 0 Å². The summed E-state index contributed by atoms with van der Waals surface area (Å²) in [6.45, 7) is -0.840. The van der Waals surface area contributed by atoms with Crippen molar-refractivity contribution in [2.75, 3.05) is 6.67 Å². The summed E-state index contributed by atoms with van der Waals surface area (Å²) in [6.07, 6.45) is -1.12. The summed E-state index contributed by atoms with van der Waals surface area (Å²) in [7, 11) is 0. The van der Waals surface area contributed by atoms with Gasteiger partial charge >= 0.3 is 0 Å². The van der Waals surface area contributed by atoms with E-state index in [4.69, 9.17) is 5.11 Å². The normalized spacial score (nSPS) is 15.1. The Morgan fingerprint density at radius 2 is 2.00 bits per heavy atom. The third-order valence-corrected chi connectivity index (χ3v) is 2.36. The molecule has 14 heavy (non-hydrogen) atoms. The second kappa shape index (κ2) is 5.19. The van der Waals surface area contributed by atoms with E-state index >= 15 is 0 Å². The summed E-state index contributed by atoms with van der Waals surface area (Å²) in [5.74, 6) is -0.0635.